The maximum atomic E-state index is 12.6. The number of benzene rings is 2. The SMILES string of the molecule is O=C(Nc1cnc2c(c1)OCCN2C(=O)Nc1ccccc1)c1ccccc1. The molecule has 3 aromatic rings. The van der Waals surface area contributed by atoms with Gasteiger partial charge in [-0.3, -0.25) is 9.69 Å². The van der Waals surface area contributed by atoms with Gasteiger partial charge >= 0.3 is 6.03 Å². The Hall–Kier alpha value is -3.87. The molecular weight excluding hydrogens is 356 g/mol. The van der Waals surface area contributed by atoms with Crippen molar-refractivity contribution in [2.75, 3.05) is 28.7 Å². The molecule has 0 aliphatic carbocycles. The summed E-state index contributed by atoms with van der Waals surface area (Å²) in [5, 5.41) is 5.63. The van der Waals surface area contributed by atoms with Crippen molar-refractivity contribution in [3.63, 3.8) is 0 Å². The van der Waals surface area contributed by atoms with Crippen molar-refractivity contribution in [2.45, 2.75) is 0 Å². The number of amides is 3. The molecule has 2 heterocycles. The van der Waals surface area contributed by atoms with E-state index in [1.54, 1.807) is 30.3 Å². The van der Waals surface area contributed by atoms with Crippen molar-refractivity contribution >= 4 is 29.1 Å². The number of carbonyl (C=O) groups is 2. The largest absolute Gasteiger partial charge is 0.488 e. The molecule has 0 saturated heterocycles. The van der Waals surface area contributed by atoms with E-state index in [9.17, 15) is 9.59 Å². The fraction of sp³-hybridized carbons (Fsp3) is 0.0952. The highest BCUT2D eigenvalue weighted by molar-refractivity contribution is 6.05. The van der Waals surface area contributed by atoms with E-state index in [0.717, 1.165) is 0 Å². The lowest BCUT2D eigenvalue weighted by Crippen LogP contribution is -2.41. The molecule has 7 nitrogen and oxygen atoms in total. The number of hydrogen-bond donors (Lipinski definition) is 2. The first-order valence-corrected chi connectivity index (χ1v) is 8.83. The van der Waals surface area contributed by atoms with Crippen molar-refractivity contribution in [2.24, 2.45) is 0 Å². The van der Waals surface area contributed by atoms with Crippen molar-refractivity contribution in [1.29, 1.82) is 0 Å². The Morgan fingerprint density at radius 3 is 2.39 bits per heavy atom. The summed E-state index contributed by atoms with van der Waals surface area (Å²) in [7, 11) is 0. The zero-order valence-corrected chi connectivity index (χ0v) is 15.0. The number of aromatic nitrogens is 1. The molecule has 0 spiro atoms. The molecule has 4 rings (SSSR count). The van der Waals surface area contributed by atoms with Crippen molar-refractivity contribution in [1.82, 2.24) is 4.98 Å². The molecule has 2 N–H and O–H groups in total. The van der Waals surface area contributed by atoms with Crippen LogP contribution in [0.25, 0.3) is 0 Å². The smallest absolute Gasteiger partial charge is 0.327 e. The molecule has 140 valence electrons. The molecule has 1 aliphatic rings. The van der Waals surface area contributed by atoms with E-state index in [4.69, 9.17) is 4.74 Å². The number of carbonyl (C=O) groups excluding carboxylic acids is 2. The average molecular weight is 374 g/mol. The summed E-state index contributed by atoms with van der Waals surface area (Å²) in [5.41, 5.74) is 1.75. The highest BCUT2D eigenvalue weighted by atomic mass is 16.5. The lowest BCUT2D eigenvalue weighted by Gasteiger charge is -2.28. The van der Waals surface area contributed by atoms with Crippen LogP contribution in [0.5, 0.6) is 5.75 Å². The number of nitrogens with one attached hydrogen (secondary N) is 2. The summed E-state index contributed by atoms with van der Waals surface area (Å²) in [6.07, 6.45) is 1.51. The molecule has 0 bridgehead atoms. The first-order valence-electron chi connectivity index (χ1n) is 8.83. The lowest BCUT2D eigenvalue weighted by molar-refractivity contribution is 0.102. The van der Waals surface area contributed by atoms with E-state index in [2.05, 4.69) is 15.6 Å². The molecule has 3 amide bonds. The zero-order valence-electron chi connectivity index (χ0n) is 15.0. The summed E-state index contributed by atoms with van der Waals surface area (Å²) in [6.45, 7) is 0.724. The lowest BCUT2D eigenvalue weighted by atomic mass is 10.2. The Balaban J connectivity index is 1.51. The van der Waals surface area contributed by atoms with Crippen LogP contribution in [0.3, 0.4) is 0 Å². The van der Waals surface area contributed by atoms with Crippen LogP contribution < -0.4 is 20.3 Å². The molecule has 7 heteroatoms. The van der Waals surface area contributed by atoms with E-state index >= 15 is 0 Å². The minimum atomic E-state index is -0.288. The van der Waals surface area contributed by atoms with E-state index in [1.807, 2.05) is 36.4 Å². The first-order chi connectivity index (χ1) is 13.7. The maximum Gasteiger partial charge on any atom is 0.327 e. The standard InChI is InChI=1S/C21H18N4O3/c26-20(15-7-3-1-4-8-15)23-17-13-18-19(22-14-17)25(11-12-28-18)21(27)24-16-9-5-2-6-10-16/h1-10,13-14H,11-12H2,(H,23,26)(H,24,27). The highest BCUT2D eigenvalue weighted by Crippen LogP contribution is 2.32. The van der Waals surface area contributed by atoms with Gasteiger partial charge in [0.1, 0.15) is 6.61 Å². The Kier molecular flexibility index (Phi) is 4.88. The Labute approximate surface area is 162 Å². The number of anilines is 3. The molecular formula is C21H18N4O3. The second kappa shape index (κ2) is 7.79. The van der Waals surface area contributed by atoms with Crippen LogP contribution in [0.1, 0.15) is 10.4 Å². The third kappa shape index (κ3) is 3.78. The van der Waals surface area contributed by atoms with E-state index in [0.29, 0.717) is 41.7 Å². The van der Waals surface area contributed by atoms with Gasteiger partial charge in [-0.25, -0.2) is 9.78 Å². The second-order valence-corrected chi connectivity index (χ2v) is 6.16. The summed E-state index contributed by atoms with van der Waals surface area (Å²) < 4.78 is 5.65. The Bertz CT molecular complexity index is 993. The summed E-state index contributed by atoms with van der Waals surface area (Å²) in [5.74, 6) is 0.620. The van der Waals surface area contributed by atoms with Crippen LogP contribution in [-0.2, 0) is 0 Å². The summed E-state index contributed by atoms with van der Waals surface area (Å²) in [6, 6.07) is 19.5. The fourth-order valence-corrected chi connectivity index (χ4v) is 2.87. The van der Waals surface area contributed by atoms with Crippen LogP contribution in [0.15, 0.2) is 72.9 Å². The number of fused-ring (bicyclic) bond motifs is 1. The predicted octanol–water partition coefficient (Wildman–Crippen LogP) is 3.76. The van der Waals surface area contributed by atoms with Crippen LogP contribution >= 0.6 is 0 Å². The molecule has 1 aromatic heterocycles. The van der Waals surface area contributed by atoms with Gasteiger partial charge in [0.25, 0.3) is 5.91 Å². The molecule has 0 unspecified atom stereocenters. The predicted molar refractivity (Wildman–Crippen MR) is 107 cm³/mol. The third-order valence-corrected chi connectivity index (χ3v) is 4.23. The molecule has 0 atom stereocenters. The number of nitrogens with zero attached hydrogens (tertiary/aromatic N) is 2. The summed E-state index contributed by atoms with van der Waals surface area (Å²) in [4.78, 5) is 30.8. The van der Waals surface area contributed by atoms with Gasteiger partial charge in [0.15, 0.2) is 11.6 Å². The van der Waals surface area contributed by atoms with Gasteiger partial charge in [0, 0.05) is 17.3 Å². The minimum absolute atomic E-state index is 0.239. The third-order valence-electron chi connectivity index (χ3n) is 4.23. The molecule has 0 radical (unpaired) electrons. The van der Waals surface area contributed by atoms with Gasteiger partial charge in [0.2, 0.25) is 0 Å². The maximum absolute atomic E-state index is 12.6. The second-order valence-electron chi connectivity index (χ2n) is 6.16. The number of hydrogen-bond acceptors (Lipinski definition) is 4. The normalized spacial score (nSPS) is 12.5. The average Bonchev–Trinajstić information content (AvgIpc) is 2.74. The monoisotopic (exact) mass is 374 g/mol. The highest BCUT2D eigenvalue weighted by Gasteiger charge is 2.26. The van der Waals surface area contributed by atoms with E-state index in [-0.39, 0.29) is 11.9 Å². The van der Waals surface area contributed by atoms with Gasteiger partial charge in [-0.05, 0) is 24.3 Å². The van der Waals surface area contributed by atoms with Gasteiger partial charge in [0.05, 0.1) is 18.4 Å². The van der Waals surface area contributed by atoms with Gasteiger partial charge < -0.3 is 15.4 Å². The van der Waals surface area contributed by atoms with E-state index in [1.165, 1.54) is 11.1 Å². The quantitative estimate of drug-likeness (QED) is 0.731. The number of ether oxygens (including phenoxy) is 1. The molecule has 0 fully saturated rings. The first kappa shape index (κ1) is 17.5. The Morgan fingerprint density at radius 1 is 0.929 bits per heavy atom. The van der Waals surface area contributed by atoms with Gasteiger partial charge in [-0.2, -0.15) is 0 Å². The van der Waals surface area contributed by atoms with Crippen LogP contribution in [-0.4, -0.2) is 30.1 Å². The Morgan fingerprint density at radius 2 is 1.64 bits per heavy atom. The van der Waals surface area contributed by atoms with Crippen molar-refractivity contribution in [3.05, 3.63) is 78.5 Å². The van der Waals surface area contributed by atoms with Crippen LogP contribution in [0.4, 0.5) is 22.0 Å². The van der Waals surface area contributed by atoms with Gasteiger partial charge in [-0.15, -0.1) is 0 Å². The molecule has 1 aliphatic heterocycles. The van der Waals surface area contributed by atoms with Crippen molar-refractivity contribution in [3.8, 4) is 5.75 Å². The molecule has 28 heavy (non-hydrogen) atoms. The number of para-hydroxylation sites is 1. The van der Waals surface area contributed by atoms with Crippen molar-refractivity contribution < 1.29 is 14.3 Å². The van der Waals surface area contributed by atoms with Gasteiger partial charge in [-0.1, -0.05) is 36.4 Å². The van der Waals surface area contributed by atoms with E-state index < -0.39 is 0 Å². The van der Waals surface area contributed by atoms with Crippen LogP contribution in [0.2, 0.25) is 0 Å². The number of pyridine rings is 1. The fourth-order valence-electron chi connectivity index (χ4n) is 2.87. The summed E-state index contributed by atoms with van der Waals surface area (Å²) >= 11 is 0. The number of urea groups is 1. The minimum Gasteiger partial charge on any atom is -0.488 e. The molecule has 0 saturated carbocycles. The topological polar surface area (TPSA) is 83.6 Å². The zero-order chi connectivity index (χ0) is 19.3. The number of rotatable bonds is 3. The van der Waals surface area contributed by atoms with Crippen LogP contribution in [0, 0.1) is 0 Å². The molecule has 2 aromatic carbocycles.